The third-order valence-electron chi connectivity index (χ3n) is 18.0. The molecular weight excluding hydrogens is 1020 g/mol. The summed E-state index contributed by atoms with van der Waals surface area (Å²) in [6.45, 7) is 9.08. The molecule has 0 saturated heterocycles. The molecule has 11 aromatic rings. The number of aryl methyl sites for hydroxylation is 2. The smallest absolute Gasteiger partial charge is 0.160 e. The Bertz CT molecular complexity index is 3950. The number of fused-ring (bicyclic) bond motifs is 3. The van der Waals surface area contributed by atoms with Crippen LogP contribution in [0.25, 0.3) is 112 Å². The SMILES string of the molecule is CCCCCCCCC1(CCCCCCCC)c2cc(C)ccc2-c2ccc(-c3cc(-c4cc(-c5ccccc5)cc(-c5ccccc5)c4)cc(-c4cccc(-c5cc(-c6ccc(-c7ccc(C)cc7)cc6)nc(-c6ccccc6)n5)c4)c3)cc21. The lowest BCUT2D eigenvalue weighted by Crippen LogP contribution is -2.25. The monoisotopic (exact) mass is 1100 g/mol. The maximum Gasteiger partial charge on any atom is 0.160 e. The van der Waals surface area contributed by atoms with Gasteiger partial charge in [-0.3, -0.25) is 0 Å². The summed E-state index contributed by atoms with van der Waals surface area (Å²) in [6.07, 6.45) is 17.9. The maximum absolute atomic E-state index is 5.35. The van der Waals surface area contributed by atoms with Crippen LogP contribution >= 0.6 is 0 Å². The van der Waals surface area contributed by atoms with Gasteiger partial charge in [0.1, 0.15) is 0 Å². The van der Waals surface area contributed by atoms with E-state index in [0.717, 1.165) is 39.2 Å². The Labute approximate surface area is 506 Å². The Morgan fingerprint density at radius 2 is 0.612 bits per heavy atom. The molecule has 0 N–H and O–H groups in total. The highest BCUT2D eigenvalue weighted by Gasteiger charge is 2.42. The van der Waals surface area contributed by atoms with E-state index in [4.69, 9.17) is 9.97 Å². The molecule has 12 rings (SSSR count). The van der Waals surface area contributed by atoms with Gasteiger partial charge in [-0.15, -0.1) is 0 Å². The largest absolute Gasteiger partial charge is 0.228 e. The van der Waals surface area contributed by atoms with E-state index in [2.05, 4.69) is 270 Å². The lowest BCUT2D eigenvalue weighted by molar-refractivity contribution is 0.398. The van der Waals surface area contributed by atoms with Gasteiger partial charge in [0.05, 0.1) is 11.4 Å². The van der Waals surface area contributed by atoms with E-state index in [1.54, 1.807) is 5.56 Å². The number of rotatable bonds is 23. The summed E-state index contributed by atoms with van der Waals surface area (Å²) in [5.41, 5.74) is 27.7. The summed E-state index contributed by atoms with van der Waals surface area (Å²) in [5, 5.41) is 0. The number of hydrogen-bond acceptors (Lipinski definition) is 2. The number of nitrogens with zero attached hydrogens (tertiary/aromatic N) is 2. The average molecular weight is 1110 g/mol. The van der Waals surface area contributed by atoms with E-state index in [0.29, 0.717) is 5.82 Å². The van der Waals surface area contributed by atoms with Crippen LogP contribution in [0.2, 0.25) is 0 Å². The van der Waals surface area contributed by atoms with Gasteiger partial charge in [-0.25, -0.2) is 9.97 Å². The third-order valence-corrected chi connectivity index (χ3v) is 18.0. The van der Waals surface area contributed by atoms with Crippen LogP contribution in [0, 0.1) is 13.8 Å². The van der Waals surface area contributed by atoms with Crippen molar-refractivity contribution < 1.29 is 0 Å². The summed E-state index contributed by atoms with van der Waals surface area (Å²) in [6, 6.07) is 90.2. The fraction of sp³-hybridized carbons (Fsp3) is 0.229. The molecular formula is C83H80N2. The van der Waals surface area contributed by atoms with Gasteiger partial charge in [-0.2, -0.15) is 0 Å². The molecule has 0 spiro atoms. The van der Waals surface area contributed by atoms with E-state index < -0.39 is 0 Å². The fourth-order valence-corrected chi connectivity index (χ4v) is 13.3. The average Bonchev–Trinajstić information content (AvgIpc) is 1.77. The number of hydrogen-bond donors (Lipinski definition) is 0. The van der Waals surface area contributed by atoms with Crippen molar-refractivity contribution in [2.24, 2.45) is 0 Å². The minimum absolute atomic E-state index is 0.0380. The summed E-state index contributed by atoms with van der Waals surface area (Å²) in [7, 11) is 0. The van der Waals surface area contributed by atoms with Gasteiger partial charge >= 0.3 is 0 Å². The Hall–Kier alpha value is -8.72. The Morgan fingerprint density at radius 1 is 0.259 bits per heavy atom. The maximum atomic E-state index is 5.35. The Kier molecular flexibility index (Phi) is 17.7. The molecule has 0 unspecified atom stereocenters. The van der Waals surface area contributed by atoms with Crippen LogP contribution in [0.1, 0.15) is 126 Å². The molecule has 2 heteroatoms. The topological polar surface area (TPSA) is 25.8 Å². The zero-order chi connectivity index (χ0) is 58.0. The first-order valence-electron chi connectivity index (χ1n) is 31.7. The van der Waals surface area contributed by atoms with E-state index in [1.807, 2.05) is 0 Å². The second kappa shape index (κ2) is 26.5. The van der Waals surface area contributed by atoms with Crippen molar-refractivity contribution in [2.75, 3.05) is 0 Å². The van der Waals surface area contributed by atoms with Crippen LogP contribution in [0.4, 0.5) is 0 Å². The van der Waals surface area contributed by atoms with Gasteiger partial charge in [0.15, 0.2) is 5.82 Å². The van der Waals surface area contributed by atoms with Crippen molar-refractivity contribution >= 4 is 0 Å². The molecule has 1 heterocycles. The van der Waals surface area contributed by atoms with Crippen LogP contribution in [-0.2, 0) is 5.41 Å². The highest BCUT2D eigenvalue weighted by molar-refractivity contribution is 5.89. The second-order valence-electron chi connectivity index (χ2n) is 24.1. The van der Waals surface area contributed by atoms with Gasteiger partial charge in [0.25, 0.3) is 0 Å². The molecule has 1 aliphatic carbocycles. The van der Waals surface area contributed by atoms with Crippen molar-refractivity contribution in [1.29, 1.82) is 0 Å². The molecule has 1 aliphatic rings. The van der Waals surface area contributed by atoms with Crippen molar-refractivity contribution in [3.63, 3.8) is 0 Å². The first-order chi connectivity index (χ1) is 41.8. The Balaban J connectivity index is 1.01. The first-order valence-corrected chi connectivity index (χ1v) is 31.7. The summed E-state index contributed by atoms with van der Waals surface area (Å²) >= 11 is 0. The van der Waals surface area contributed by atoms with Gasteiger partial charge in [0, 0.05) is 22.1 Å². The lowest BCUT2D eigenvalue weighted by Gasteiger charge is -2.33. The molecule has 0 fully saturated rings. The van der Waals surface area contributed by atoms with Crippen LogP contribution < -0.4 is 0 Å². The number of unbranched alkanes of at least 4 members (excludes halogenated alkanes) is 10. The lowest BCUT2D eigenvalue weighted by atomic mass is 9.70. The van der Waals surface area contributed by atoms with Gasteiger partial charge < -0.3 is 0 Å². The molecule has 10 aromatic carbocycles. The molecule has 0 radical (unpaired) electrons. The molecule has 422 valence electrons. The predicted octanol–water partition coefficient (Wildman–Crippen LogP) is 23.9. The van der Waals surface area contributed by atoms with Gasteiger partial charge in [-0.1, -0.05) is 290 Å². The highest BCUT2D eigenvalue weighted by atomic mass is 14.9. The molecule has 0 amide bonds. The molecule has 0 aliphatic heterocycles. The third kappa shape index (κ3) is 12.9. The van der Waals surface area contributed by atoms with Crippen molar-refractivity contribution in [3.05, 3.63) is 265 Å². The molecule has 0 bridgehead atoms. The van der Waals surface area contributed by atoms with E-state index in [1.165, 1.54) is 173 Å². The molecule has 2 nitrogen and oxygen atoms in total. The van der Waals surface area contributed by atoms with E-state index in [9.17, 15) is 0 Å². The van der Waals surface area contributed by atoms with Crippen LogP contribution in [0.15, 0.2) is 243 Å². The van der Waals surface area contributed by atoms with Crippen molar-refractivity contribution in [2.45, 2.75) is 123 Å². The van der Waals surface area contributed by atoms with Crippen LogP contribution in [-0.4, -0.2) is 9.97 Å². The van der Waals surface area contributed by atoms with E-state index >= 15 is 0 Å². The minimum Gasteiger partial charge on any atom is -0.228 e. The van der Waals surface area contributed by atoms with Crippen molar-refractivity contribution in [1.82, 2.24) is 9.97 Å². The number of benzene rings is 10. The van der Waals surface area contributed by atoms with Gasteiger partial charge in [0.2, 0.25) is 0 Å². The summed E-state index contributed by atoms with van der Waals surface area (Å²) < 4.78 is 0. The van der Waals surface area contributed by atoms with Crippen LogP contribution in [0.5, 0.6) is 0 Å². The van der Waals surface area contributed by atoms with Crippen molar-refractivity contribution in [3.8, 4) is 112 Å². The van der Waals surface area contributed by atoms with Gasteiger partial charge in [-0.05, 0) is 170 Å². The summed E-state index contributed by atoms with van der Waals surface area (Å²) in [5.74, 6) is 0.705. The molecule has 85 heavy (non-hydrogen) atoms. The van der Waals surface area contributed by atoms with Crippen LogP contribution in [0.3, 0.4) is 0 Å². The molecule has 0 atom stereocenters. The standard InChI is InChI=1S/C83H80N2/c1-5-7-9-11-13-24-47-83(48-25-14-12-10-8-6-2)78-49-60(4)37-45-76(78)77-46-44-68(57-79(77)83)73-54-72(55-75(56-73)74-52-70(61-27-18-15-19-28-61)51-71(53-74)62-29-20-16-21-30-62)67-33-26-34-69(50-67)81-58-80(84-82(85-81)66-31-22-17-23-32-66)65-42-40-64(41-43-65)63-38-35-59(3)36-39-63/h15-23,26-46,49-58H,5-14,24-25,47-48H2,1-4H3. The molecule has 1 aromatic heterocycles. The first kappa shape index (κ1) is 56.7. The fourth-order valence-electron chi connectivity index (χ4n) is 13.3. The predicted molar refractivity (Wildman–Crippen MR) is 363 cm³/mol. The quantitative estimate of drug-likeness (QED) is 0.0597. The van der Waals surface area contributed by atoms with E-state index in [-0.39, 0.29) is 5.41 Å². The Morgan fingerprint density at radius 3 is 1.15 bits per heavy atom. The second-order valence-corrected chi connectivity index (χ2v) is 24.1. The normalized spacial score (nSPS) is 12.3. The molecule has 0 saturated carbocycles. The zero-order valence-electron chi connectivity index (χ0n) is 50.4. The summed E-state index contributed by atoms with van der Waals surface area (Å²) in [4.78, 5) is 10.6. The highest BCUT2D eigenvalue weighted by Crippen LogP contribution is 2.55. The minimum atomic E-state index is -0.0380. The zero-order valence-corrected chi connectivity index (χ0v) is 50.4. The number of aromatic nitrogens is 2.